The molecular formula is C15H15N3O3. The molecular weight excluding hydrogens is 270 g/mol. The van der Waals surface area contributed by atoms with Crippen LogP contribution in [0.1, 0.15) is 31.0 Å². The Bertz CT molecular complexity index is 641. The van der Waals surface area contributed by atoms with Crippen LogP contribution in [0.2, 0.25) is 0 Å². The predicted molar refractivity (Wildman–Crippen MR) is 74.9 cm³/mol. The maximum absolute atomic E-state index is 11.9. The van der Waals surface area contributed by atoms with E-state index in [4.69, 9.17) is 10.00 Å². The van der Waals surface area contributed by atoms with Crippen LogP contribution in [0.15, 0.2) is 35.7 Å². The first kappa shape index (κ1) is 14.6. The molecule has 0 aromatic heterocycles. The third-order valence-electron chi connectivity index (χ3n) is 3.08. The lowest BCUT2D eigenvalue weighted by atomic mass is 9.94. The van der Waals surface area contributed by atoms with Crippen LogP contribution in [0.4, 0.5) is 4.79 Å². The molecule has 1 aliphatic rings. The highest BCUT2D eigenvalue weighted by atomic mass is 16.5. The Kier molecular flexibility index (Phi) is 4.24. The Morgan fingerprint density at radius 3 is 2.57 bits per heavy atom. The van der Waals surface area contributed by atoms with E-state index in [-0.39, 0.29) is 11.7 Å². The molecule has 0 bridgehead atoms. The number of carbonyl (C=O) groups is 2. The van der Waals surface area contributed by atoms with Gasteiger partial charge in [0, 0.05) is 0 Å². The third-order valence-corrected chi connectivity index (χ3v) is 3.08. The van der Waals surface area contributed by atoms with Crippen molar-refractivity contribution in [3.63, 3.8) is 0 Å². The van der Waals surface area contributed by atoms with Gasteiger partial charge in [0.15, 0.2) is 5.78 Å². The molecule has 0 aliphatic carbocycles. The Balaban J connectivity index is 2.47. The van der Waals surface area contributed by atoms with Crippen LogP contribution in [-0.4, -0.2) is 18.4 Å². The zero-order chi connectivity index (χ0) is 15.4. The molecule has 0 saturated heterocycles. The summed E-state index contributed by atoms with van der Waals surface area (Å²) in [6, 6.07) is 7.70. The summed E-state index contributed by atoms with van der Waals surface area (Å²) in [6.45, 7) is 3.53. The van der Waals surface area contributed by atoms with Crippen LogP contribution in [0.25, 0.3) is 0 Å². The maximum Gasteiger partial charge on any atom is 0.322 e. The van der Waals surface area contributed by atoms with Crippen molar-refractivity contribution in [2.45, 2.75) is 19.9 Å². The second-order valence-electron chi connectivity index (χ2n) is 4.50. The van der Waals surface area contributed by atoms with Crippen molar-refractivity contribution in [1.29, 1.82) is 5.26 Å². The molecule has 1 atom stereocenters. The molecule has 2 N–H and O–H groups in total. The first-order chi connectivity index (χ1) is 10.1. The van der Waals surface area contributed by atoms with E-state index >= 15 is 0 Å². The van der Waals surface area contributed by atoms with Crippen LogP contribution in [0.3, 0.4) is 0 Å². The molecule has 6 heteroatoms. The number of ether oxygens (including phenoxy) is 1. The Morgan fingerprint density at radius 2 is 2.05 bits per heavy atom. The molecule has 1 heterocycles. The second-order valence-corrected chi connectivity index (χ2v) is 4.50. The summed E-state index contributed by atoms with van der Waals surface area (Å²) in [7, 11) is 0. The normalized spacial score (nSPS) is 17.6. The number of amides is 2. The van der Waals surface area contributed by atoms with Crippen molar-refractivity contribution in [2.24, 2.45) is 0 Å². The van der Waals surface area contributed by atoms with Gasteiger partial charge in [0.1, 0.15) is 0 Å². The number of urea groups is 1. The van der Waals surface area contributed by atoms with Crippen LogP contribution in [-0.2, 0) is 9.53 Å². The Hall–Kier alpha value is -2.81. The average molecular weight is 285 g/mol. The molecule has 2 rings (SSSR count). The zero-order valence-electron chi connectivity index (χ0n) is 11.8. The number of nitrogens with one attached hydrogen (secondary N) is 2. The van der Waals surface area contributed by atoms with E-state index in [2.05, 4.69) is 10.6 Å². The summed E-state index contributed by atoms with van der Waals surface area (Å²) in [5.41, 5.74) is 1.59. The highest BCUT2D eigenvalue weighted by molar-refractivity contribution is 5.98. The van der Waals surface area contributed by atoms with E-state index in [1.54, 1.807) is 31.2 Å². The lowest BCUT2D eigenvalue weighted by Gasteiger charge is -2.28. The second kappa shape index (κ2) is 6.09. The number of nitrogens with zero attached hydrogens (tertiary/aromatic N) is 1. The van der Waals surface area contributed by atoms with Crippen LogP contribution in [0.5, 0.6) is 0 Å². The minimum atomic E-state index is -0.592. The number of Topliss-reactive ketones (excluding diaryl/α,β-unsaturated/α-hetero) is 1. The number of hydrogen-bond acceptors (Lipinski definition) is 4. The van der Waals surface area contributed by atoms with E-state index < -0.39 is 12.1 Å². The minimum absolute atomic E-state index is 0.183. The lowest BCUT2D eigenvalue weighted by molar-refractivity contribution is -0.114. The van der Waals surface area contributed by atoms with Crippen LogP contribution < -0.4 is 10.6 Å². The number of benzene rings is 1. The summed E-state index contributed by atoms with van der Waals surface area (Å²) in [5.74, 6) is -0.0107. The highest BCUT2D eigenvalue weighted by Crippen LogP contribution is 2.27. The average Bonchev–Trinajstić information content (AvgIpc) is 2.46. The molecule has 1 aliphatic heterocycles. The summed E-state index contributed by atoms with van der Waals surface area (Å²) in [5, 5.41) is 14.0. The predicted octanol–water partition coefficient (Wildman–Crippen LogP) is 1.75. The van der Waals surface area contributed by atoms with Gasteiger partial charge in [-0.1, -0.05) is 12.1 Å². The van der Waals surface area contributed by atoms with E-state index in [9.17, 15) is 9.59 Å². The number of hydrogen-bond donors (Lipinski definition) is 2. The van der Waals surface area contributed by atoms with E-state index in [1.165, 1.54) is 6.92 Å². The van der Waals surface area contributed by atoms with E-state index in [0.717, 1.165) is 0 Å². The Morgan fingerprint density at radius 1 is 1.38 bits per heavy atom. The molecule has 0 radical (unpaired) electrons. The fraction of sp³-hybridized carbons (Fsp3) is 0.267. The third kappa shape index (κ3) is 3.03. The van der Waals surface area contributed by atoms with Gasteiger partial charge in [-0.25, -0.2) is 4.79 Å². The van der Waals surface area contributed by atoms with Gasteiger partial charge in [-0.05, 0) is 31.5 Å². The van der Waals surface area contributed by atoms with Crippen molar-refractivity contribution in [3.8, 4) is 6.07 Å². The quantitative estimate of drug-likeness (QED) is 0.881. The fourth-order valence-corrected chi connectivity index (χ4v) is 2.16. The smallest absolute Gasteiger partial charge is 0.322 e. The topological polar surface area (TPSA) is 91.2 Å². The minimum Gasteiger partial charge on any atom is -0.479 e. The van der Waals surface area contributed by atoms with Gasteiger partial charge in [0.05, 0.1) is 29.9 Å². The van der Waals surface area contributed by atoms with Crippen LogP contribution >= 0.6 is 0 Å². The first-order valence-corrected chi connectivity index (χ1v) is 6.52. The number of ketones is 1. The fourth-order valence-electron chi connectivity index (χ4n) is 2.16. The highest BCUT2D eigenvalue weighted by Gasteiger charge is 2.32. The molecule has 0 saturated carbocycles. The lowest BCUT2D eigenvalue weighted by Crippen LogP contribution is -2.46. The van der Waals surface area contributed by atoms with Gasteiger partial charge in [0.2, 0.25) is 5.88 Å². The van der Waals surface area contributed by atoms with Crippen molar-refractivity contribution < 1.29 is 14.3 Å². The number of nitriles is 1. The molecule has 6 nitrogen and oxygen atoms in total. The Labute approximate surface area is 122 Å². The van der Waals surface area contributed by atoms with E-state index in [0.29, 0.717) is 23.3 Å². The molecule has 1 aromatic carbocycles. The van der Waals surface area contributed by atoms with Gasteiger partial charge in [-0.2, -0.15) is 5.26 Å². The molecule has 21 heavy (non-hydrogen) atoms. The molecule has 0 spiro atoms. The van der Waals surface area contributed by atoms with Crippen molar-refractivity contribution in [1.82, 2.24) is 10.6 Å². The van der Waals surface area contributed by atoms with Gasteiger partial charge in [-0.15, -0.1) is 0 Å². The van der Waals surface area contributed by atoms with Gasteiger partial charge < -0.3 is 10.1 Å². The summed E-state index contributed by atoms with van der Waals surface area (Å²) < 4.78 is 5.36. The maximum atomic E-state index is 11.9. The van der Waals surface area contributed by atoms with Gasteiger partial charge in [0.25, 0.3) is 0 Å². The molecule has 108 valence electrons. The van der Waals surface area contributed by atoms with E-state index in [1.807, 2.05) is 6.07 Å². The van der Waals surface area contributed by atoms with Crippen molar-refractivity contribution in [2.75, 3.05) is 6.61 Å². The first-order valence-electron chi connectivity index (χ1n) is 6.52. The van der Waals surface area contributed by atoms with Gasteiger partial charge in [-0.3, -0.25) is 10.1 Å². The monoisotopic (exact) mass is 285 g/mol. The number of carbonyl (C=O) groups excluding carboxylic acids is 2. The molecule has 0 fully saturated rings. The zero-order valence-corrected chi connectivity index (χ0v) is 11.8. The van der Waals surface area contributed by atoms with Crippen LogP contribution in [0, 0.1) is 11.3 Å². The molecule has 1 unspecified atom stereocenters. The SMILES string of the molecule is CCOC1=C(C(C)=O)C(c2ccc(C#N)cc2)NC(=O)N1. The largest absolute Gasteiger partial charge is 0.479 e. The van der Waals surface area contributed by atoms with Crippen molar-refractivity contribution >= 4 is 11.8 Å². The molecule has 1 aromatic rings. The summed E-state index contributed by atoms with van der Waals surface area (Å²) in [6.07, 6.45) is 0. The van der Waals surface area contributed by atoms with Gasteiger partial charge >= 0.3 is 6.03 Å². The summed E-state index contributed by atoms with van der Waals surface area (Å²) >= 11 is 0. The number of rotatable bonds is 4. The summed E-state index contributed by atoms with van der Waals surface area (Å²) in [4.78, 5) is 23.6. The van der Waals surface area contributed by atoms with Crippen molar-refractivity contribution in [3.05, 3.63) is 46.8 Å². The standard InChI is InChI=1S/C15H15N3O3/c1-3-21-14-12(9(2)19)13(17-15(20)18-14)11-6-4-10(8-16)5-7-11/h4-7,13H,3H2,1-2H3,(H2,17,18,20). The molecule has 2 amide bonds.